The Morgan fingerprint density at radius 1 is 1.30 bits per heavy atom. The van der Waals surface area contributed by atoms with Gasteiger partial charge in [-0.05, 0) is 37.6 Å². The van der Waals surface area contributed by atoms with Crippen LogP contribution in [-0.2, 0) is 0 Å². The summed E-state index contributed by atoms with van der Waals surface area (Å²) in [5.74, 6) is -1.84. The van der Waals surface area contributed by atoms with E-state index in [1.165, 1.54) is 0 Å². The van der Waals surface area contributed by atoms with E-state index in [9.17, 15) is 18.8 Å². The maximum Gasteiger partial charge on any atom is 0.253 e. The molecule has 0 unspecified atom stereocenters. The van der Waals surface area contributed by atoms with Crippen molar-refractivity contribution in [2.45, 2.75) is 19.4 Å². The van der Waals surface area contributed by atoms with Gasteiger partial charge in [0.25, 0.3) is 11.8 Å². The minimum atomic E-state index is -0.998. The van der Waals surface area contributed by atoms with Crippen molar-refractivity contribution in [3.8, 4) is 5.69 Å². The average molecular weight is 472 g/mol. The van der Waals surface area contributed by atoms with Crippen molar-refractivity contribution in [2.75, 3.05) is 18.0 Å². The molecule has 1 atom stereocenters. The van der Waals surface area contributed by atoms with Gasteiger partial charge in [0.15, 0.2) is 17.9 Å². The first-order chi connectivity index (χ1) is 15.8. The van der Waals surface area contributed by atoms with E-state index >= 15 is 0 Å². The predicted octanol–water partition coefficient (Wildman–Crippen LogP) is 1.68. The number of amides is 2. The van der Waals surface area contributed by atoms with Crippen molar-refractivity contribution in [2.24, 2.45) is 5.73 Å². The number of nitrogens with one attached hydrogen (secondary N) is 1. The highest BCUT2D eigenvalue weighted by Crippen LogP contribution is 2.25. The van der Waals surface area contributed by atoms with Gasteiger partial charge in [0.1, 0.15) is 17.8 Å². The number of aromatic nitrogens is 4. The van der Waals surface area contributed by atoms with Crippen LogP contribution in [0.1, 0.15) is 43.4 Å². The summed E-state index contributed by atoms with van der Waals surface area (Å²) < 4.78 is 16.3. The van der Waals surface area contributed by atoms with Gasteiger partial charge in [0.05, 0.1) is 21.8 Å². The fourth-order valence-electron chi connectivity index (χ4n) is 3.62. The zero-order valence-corrected chi connectivity index (χ0v) is 18.2. The second-order valence-electron chi connectivity index (χ2n) is 7.52. The van der Waals surface area contributed by atoms with Crippen LogP contribution in [0, 0.1) is 12.7 Å². The summed E-state index contributed by atoms with van der Waals surface area (Å²) >= 11 is 6.32. The smallest absolute Gasteiger partial charge is 0.253 e. The number of aldehydes is 1. The first-order valence-corrected chi connectivity index (χ1v) is 10.3. The maximum atomic E-state index is 14.7. The molecule has 0 bridgehead atoms. The zero-order valence-electron chi connectivity index (χ0n) is 17.5. The van der Waals surface area contributed by atoms with E-state index < -0.39 is 17.3 Å². The molecule has 10 nitrogen and oxygen atoms in total. The number of halogens is 2. The fourth-order valence-corrected chi connectivity index (χ4v) is 3.88. The van der Waals surface area contributed by atoms with E-state index in [1.807, 2.05) is 0 Å². The molecular weight excluding hydrogens is 453 g/mol. The lowest BCUT2D eigenvalue weighted by Crippen LogP contribution is -2.37. The third kappa shape index (κ3) is 4.53. The van der Waals surface area contributed by atoms with Gasteiger partial charge in [-0.3, -0.25) is 14.4 Å². The highest BCUT2D eigenvalue weighted by molar-refractivity contribution is 6.34. The van der Waals surface area contributed by atoms with E-state index in [0.717, 1.165) is 6.07 Å². The molecule has 33 heavy (non-hydrogen) atoms. The van der Waals surface area contributed by atoms with Crippen LogP contribution in [0.4, 0.5) is 10.2 Å². The van der Waals surface area contributed by atoms with Crippen molar-refractivity contribution < 1.29 is 18.8 Å². The largest absolute Gasteiger partial charge is 0.366 e. The minimum absolute atomic E-state index is 0.109. The van der Waals surface area contributed by atoms with Gasteiger partial charge in [-0.25, -0.2) is 19.0 Å². The number of primary amides is 1. The van der Waals surface area contributed by atoms with E-state index in [4.69, 9.17) is 17.3 Å². The van der Waals surface area contributed by atoms with Crippen LogP contribution in [0.3, 0.4) is 0 Å². The molecule has 1 aromatic carbocycles. The Morgan fingerprint density at radius 3 is 2.73 bits per heavy atom. The first kappa shape index (κ1) is 22.3. The van der Waals surface area contributed by atoms with Crippen molar-refractivity contribution in [1.82, 2.24) is 25.1 Å². The number of nitrogens with two attached hydrogens (primary N) is 1. The van der Waals surface area contributed by atoms with Crippen molar-refractivity contribution >= 4 is 35.5 Å². The van der Waals surface area contributed by atoms with Gasteiger partial charge in [0.2, 0.25) is 0 Å². The summed E-state index contributed by atoms with van der Waals surface area (Å²) in [7, 11) is 0. The number of anilines is 1. The van der Waals surface area contributed by atoms with E-state index in [1.54, 1.807) is 41.0 Å². The van der Waals surface area contributed by atoms with Crippen LogP contribution in [0.2, 0.25) is 5.02 Å². The third-order valence-electron chi connectivity index (χ3n) is 5.24. The number of carbonyl (C=O) groups excluding carboxylic acids is 3. The molecule has 0 saturated carbocycles. The van der Waals surface area contributed by atoms with Gasteiger partial charge in [-0.15, -0.1) is 0 Å². The highest BCUT2D eigenvalue weighted by atomic mass is 35.5. The molecule has 3 N–H and O–H groups in total. The molecule has 2 amide bonds. The molecule has 0 spiro atoms. The molecule has 1 fully saturated rings. The van der Waals surface area contributed by atoms with Gasteiger partial charge in [0, 0.05) is 19.1 Å². The van der Waals surface area contributed by atoms with Crippen LogP contribution in [-0.4, -0.2) is 57.0 Å². The predicted molar refractivity (Wildman–Crippen MR) is 117 cm³/mol. The lowest BCUT2D eigenvalue weighted by Gasteiger charge is -2.20. The van der Waals surface area contributed by atoms with Gasteiger partial charge in [-0.2, -0.15) is 5.10 Å². The Morgan fingerprint density at radius 2 is 2.09 bits per heavy atom. The third-order valence-corrected chi connectivity index (χ3v) is 5.55. The molecule has 4 rings (SSSR count). The van der Waals surface area contributed by atoms with E-state index in [0.29, 0.717) is 30.8 Å². The monoisotopic (exact) mass is 471 g/mol. The summed E-state index contributed by atoms with van der Waals surface area (Å²) in [6.07, 6.45) is 2.46. The molecule has 1 aliphatic heterocycles. The number of nitrogens with zero attached hydrogens (tertiary/aromatic N) is 5. The van der Waals surface area contributed by atoms with Gasteiger partial charge in [-0.1, -0.05) is 11.6 Å². The number of carbonyl (C=O) groups is 3. The zero-order chi connectivity index (χ0) is 23.7. The molecule has 3 heterocycles. The van der Waals surface area contributed by atoms with Crippen molar-refractivity contribution in [3.05, 3.63) is 64.1 Å². The lowest BCUT2D eigenvalue weighted by molar-refractivity contribution is 0.0939. The number of benzene rings is 1. The Labute approximate surface area is 192 Å². The summed E-state index contributed by atoms with van der Waals surface area (Å²) in [6.45, 7) is 2.34. The van der Waals surface area contributed by atoms with Crippen molar-refractivity contribution in [1.29, 1.82) is 0 Å². The summed E-state index contributed by atoms with van der Waals surface area (Å²) in [6, 6.07) is 5.58. The lowest BCUT2D eigenvalue weighted by atomic mass is 10.1. The summed E-state index contributed by atoms with van der Waals surface area (Å²) in [4.78, 5) is 45.0. The molecule has 0 aliphatic carbocycles. The highest BCUT2D eigenvalue weighted by Gasteiger charge is 2.29. The second kappa shape index (κ2) is 8.94. The quantitative estimate of drug-likeness (QED) is 0.522. The number of aryl methyl sites for hydroxylation is 1. The van der Waals surface area contributed by atoms with Crippen molar-refractivity contribution in [3.63, 3.8) is 0 Å². The Hall–Kier alpha value is -3.86. The van der Waals surface area contributed by atoms with Gasteiger partial charge < -0.3 is 16.0 Å². The second-order valence-corrected chi connectivity index (χ2v) is 7.93. The fraction of sp³-hybridized carbons (Fsp3) is 0.238. The van der Waals surface area contributed by atoms with Crippen LogP contribution >= 0.6 is 11.6 Å². The summed E-state index contributed by atoms with van der Waals surface area (Å²) in [5, 5.41) is 7.32. The molecule has 170 valence electrons. The maximum absolute atomic E-state index is 14.7. The van der Waals surface area contributed by atoms with E-state index in [-0.39, 0.29) is 40.6 Å². The SMILES string of the molecule is Cc1ncn(-c2ccc(C(=O)N[C@@H]3CCN(c4nc(C=O)cc(C(N)=O)c4F)C3)c(Cl)c2)n1. The minimum Gasteiger partial charge on any atom is -0.366 e. The average Bonchev–Trinajstić information content (AvgIpc) is 3.42. The molecule has 0 radical (unpaired) electrons. The van der Waals surface area contributed by atoms with E-state index in [2.05, 4.69) is 20.4 Å². The molecule has 12 heteroatoms. The molecule has 2 aromatic heterocycles. The molecular formula is C21H19ClFN7O3. The topological polar surface area (TPSA) is 136 Å². The van der Waals surface area contributed by atoms with Gasteiger partial charge >= 0.3 is 0 Å². The Kier molecular flexibility index (Phi) is 6.05. The summed E-state index contributed by atoms with van der Waals surface area (Å²) in [5.41, 5.74) is 5.62. The first-order valence-electron chi connectivity index (χ1n) is 9.96. The number of rotatable bonds is 6. The molecule has 1 saturated heterocycles. The Bertz CT molecular complexity index is 1260. The molecule has 1 aliphatic rings. The van der Waals surface area contributed by atoms with Crippen LogP contribution < -0.4 is 16.0 Å². The number of pyridine rings is 1. The van der Waals surface area contributed by atoms with Crippen LogP contribution in [0.15, 0.2) is 30.6 Å². The van der Waals surface area contributed by atoms with Crippen LogP contribution in [0.5, 0.6) is 0 Å². The van der Waals surface area contributed by atoms with Crippen LogP contribution in [0.25, 0.3) is 5.69 Å². The normalized spacial score (nSPS) is 15.5. The number of hydrogen-bond acceptors (Lipinski definition) is 7. The molecule has 3 aromatic rings. The standard InChI is InChI=1S/C21H19ClFN7O3/c1-11-25-10-30(28-11)14-2-3-15(17(22)7-14)21(33)27-12-4-5-29(8-12)20-18(23)16(19(24)32)6-13(9-31)26-20/h2-3,6-7,9-10,12H,4-5,8H2,1H3,(H2,24,32)(H,27,33)/t12-/m1/s1. The number of hydrogen-bond donors (Lipinski definition) is 2. The Balaban J connectivity index is 1.48.